The molecule has 0 heterocycles. The Hall–Kier alpha value is -2.08. The molecule has 2 aromatic rings. The maximum absolute atomic E-state index is 13.4. The molecular weight excluding hydrogens is 276 g/mol. The Labute approximate surface area is 112 Å². The molecule has 0 atom stereocenters. The maximum Gasteiger partial charge on any atom is 0.419 e. The van der Waals surface area contributed by atoms with Crippen molar-refractivity contribution < 1.29 is 27.4 Å². The van der Waals surface area contributed by atoms with Crippen LogP contribution in [0.1, 0.15) is 11.1 Å². The lowest BCUT2D eigenvalue weighted by Gasteiger charge is -2.15. The van der Waals surface area contributed by atoms with Crippen LogP contribution in [0.15, 0.2) is 42.5 Å². The maximum atomic E-state index is 13.4. The van der Waals surface area contributed by atoms with Gasteiger partial charge in [0.2, 0.25) is 0 Å². The van der Waals surface area contributed by atoms with Crippen molar-refractivity contribution in [3.8, 4) is 11.5 Å². The Morgan fingerprint density at radius 2 is 1.70 bits per heavy atom. The third kappa shape index (κ3) is 3.08. The van der Waals surface area contributed by atoms with Gasteiger partial charge in [-0.05, 0) is 29.8 Å². The molecule has 106 valence electrons. The van der Waals surface area contributed by atoms with E-state index in [4.69, 9.17) is 9.84 Å². The van der Waals surface area contributed by atoms with Crippen molar-refractivity contribution in [1.29, 1.82) is 0 Å². The van der Waals surface area contributed by atoms with Gasteiger partial charge in [0.25, 0.3) is 0 Å². The molecule has 0 amide bonds. The molecule has 2 rings (SSSR count). The van der Waals surface area contributed by atoms with Crippen molar-refractivity contribution >= 4 is 0 Å². The van der Waals surface area contributed by atoms with Gasteiger partial charge < -0.3 is 9.84 Å². The number of aliphatic hydroxyl groups excluding tert-OH is 1. The number of alkyl halides is 3. The molecule has 20 heavy (non-hydrogen) atoms. The zero-order valence-electron chi connectivity index (χ0n) is 10.1. The number of halogens is 4. The molecule has 0 aromatic heterocycles. The summed E-state index contributed by atoms with van der Waals surface area (Å²) in [7, 11) is 0. The largest absolute Gasteiger partial charge is 0.454 e. The summed E-state index contributed by atoms with van der Waals surface area (Å²) in [6.07, 6.45) is -4.66. The Bertz CT molecular complexity index is 608. The van der Waals surface area contributed by atoms with Crippen molar-refractivity contribution in [2.24, 2.45) is 0 Å². The molecule has 0 aliphatic rings. The second-order valence-corrected chi connectivity index (χ2v) is 4.02. The van der Waals surface area contributed by atoms with Crippen molar-refractivity contribution in [3.63, 3.8) is 0 Å². The molecular formula is C14H10F4O2. The summed E-state index contributed by atoms with van der Waals surface area (Å²) in [5.74, 6) is -1.57. The number of hydrogen-bond acceptors (Lipinski definition) is 2. The van der Waals surface area contributed by atoms with Crippen LogP contribution in [-0.4, -0.2) is 5.11 Å². The van der Waals surface area contributed by atoms with Crippen LogP contribution < -0.4 is 4.74 Å². The topological polar surface area (TPSA) is 29.5 Å². The predicted octanol–water partition coefficient (Wildman–Crippen LogP) is 4.13. The van der Waals surface area contributed by atoms with Gasteiger partial charge in [-0.15, -0.1) is 0 Å². The number of aliphatic hydroxyl groups is 1. The summed E-state index contributed by atoms with van der Waals surface area (Å²) in [4.78, 5) is 0. The van der Waals surface area contributed by atoms with Crippen LogP contribution in [0.25, 0.3) is 0 Å². The molecule has 1 N–H and O–H groups in total. The van der Waals surface area contributed by atoms with Gasteiger partial charge in [-0.1, -0.05) is 18.2 Å². The van der Waals surface area contributed by atoms with E-state index in [0.717, 1.165) is 18.2 Å². The normalized spacial score (nSPS) is 11.4. The van der Waals surface area contributed by atoms with E-state index >= 15 is 0 Å². The fraction of sp³-hybridized carbons (Fsp3) is 0.143. The van der Waals surface area contributed by atoms with E-state index < -0.39 is 29.9 Å². The number of ether oxygens (including phenoxy) is 1. The van der Waals surface area contributed by atoms with Gasteiger partial charge in [0.15, 0.2) is 11.6 Å². The van der Waals surface area contributed by atoms with E-state index in [-0.39, 0.29) is 11.3 Å². The van der Waals surface area contributed by atoms with E-state index in [9.17, 15) is 17.6 Å². The highest BCUT2D eigenvalue weighted by Crippen LogP contribution is 2.39. The average Bonchev–Trinajstić information content (AvgIpc) is 2.40. The second-order valence-electron chi connectivity index (χ2n) is 4.02. The minimum absolute atomic E-state index is 0.0956. The summed E-state index contributed by atoms with van der Waals surface area (Å²) >= 11 is 0. The van der Waals surface area contributed by atoms with Crippen LogP contribution in [0, 0.1) is 5.82 Å². The van der Waals surface area contributed by atoms with Crippen molar-refractivity contribution in [3.05, 3.63) is 59.4 Å². The second kappa shape index (κ2) is 5.50. The molecule has 0 spiro atoms. The molecule has 0 aliphatic heterocycles. The molecule has 0 bridgehead atoms. The molecule has 6 heteroatoms. The first-order valence-corrected chi connectivity index (χ1v) is 5.65. The molecule has 0 unspecified atom stereocenters. The SMILES string of the molecule is OCc1ccc(Oc2ccccc2F)c(C(F)(F)F)c1. The summed E-state index contributed by atoms with van der Waals surface area (Å²) in [6.45, 7) is -0.525. The highest BCUT2D eigenvalue weighted by Gasteiger charge is 2.35. The minimum atomic E-state index is -4.66. The number of rotatable bonds is 3. The van der Waals surface area contributed by atoms with E-state index in [1.807, 2.05) is 0 Å². The monoisotopic (exact) mass is 286 g/mol. The average molecular weight is 286 g/mol. The van der Waals surface area contributed by atoms with E-state index in [1.165, 1.54) is 24.3 Å². The molecule has 0 fully saturated rings. The fourth-order valence-electron chi connectivity index (χ4n) is 1.63. The van der Waals surface area contributed by atoms with Crippen LogP contribution in [0.5, 0.6) is 11.5 Å². The van der Waals surface area contributed by atoms with Crippen LogP contribution in [0.4, 0.5) is 17.6 Å². The van der Waals surface area contributed by atoms with Crippen molar-refractivity contribution in [1.82, 2.24) is 0 Å². The Balaban J connectivity index is 2.44. The summed E-state index contributed by atoms with van der Waals surface area (Å²) in [6, 6.07) is 8.29. The molecule has 2 aromatic carbocycles. The summed E-state index contributed by atoms with van der Waals surface area (Å²) in [5, 5.41) is 8.88. The lowest BCUT2D eigenvalue weighted by atomic mass is 10.1. The number of hydrogen-bond donors (Lipinski definition) is 1. The van der Waals surface area contributed by atoms with Gasteiger partial charge >= 0.3 is 6.18 Å². The van der Waals surface area contributed by atoms with E-state index in [0.29, 0.717) is 0 Å². The highest BCUT2D eigenvalue weighted by molar-refractivity contribution is 5.42. The lowest BCUT2D eigenvalue weighted by Crippen LogP contribution is -2.08. The number of benzene rings is 2. The Kier molecular flexibility index (Phi) is 3.94. The van der Waals surface area contributed by atoms with E-state index in [1.54, 1.807) is 0 Å². The van der Waals surface area contributed by atoms with Crippen LogP contribution >= 0.6 is 0 Å². The van der Waals surface area contributed by atoms with Gasteiger partial charge in [0.05, 0.1) is 12.2 Å². The first-order chi connectivity index (χ1) is 9.41. The van der Waals surface area contributed by atoms with Crippen molar-refractivity contribution in [2.45, 2.75) is 12.8 Å². The molecule has 0 saturated carbocycles. The Morgan fingerprint density at radius 3 is 2.30 bits per heavy atom. The third-order valence-corrected chi connectivity index (χ3v) is 2.59. The molecule has 0 aliphatic carbocycles. The quantitative estimate of drug-likeness (QED) is 0.860. The first-order valence-electron chi connectivity index (χ1n) is 5.65. The Morgan fingerprint density at radius 1 is 1.00 bits per heavy atom. The molecule has 0 radical (unpaired) electrons. The lowest BCUT2D eigenvalue weighted by molar-refractivity contribution is -0.138. The molecule has 2 nitrogen and oxygen atoms in total. The van der Waals surface area contributed by atoms with E-state index in [2.05, 4.69) is 0 Å². The van der Waals surface area contributed by atoms with Crippen molar-refractivity contribution in [2.75, 3.05) is 0 Å². The fourth-order valence-corrected chi connectivity index (χ4v) is 1.63. The van der Waals surface area contributed by atoms with Gasteiger partial charge in [0, 0.05) is 0 Å². The predicted molar refractivity (Wildman–Crippen MR) is 63.8 cm³/mol. The van der Waals surface area contributed by atoms with Crippen LogP contribution in [0.2, 0.25) is 0 Å². The van der Waals surface area contributed by atoms with Gasteiger partial charge in [-0.2, -0.15) is 13.2 Å². The third-order valence-electron chi connectivity index (χ3n) is 2.59. The summed E-state index contributed by atoms with van der Waals surface area (Å²) in [5.41, 5.74) is -0.967. The van der Waals surface area contributed by atoms with Crippen LogP contribution in [0.3, 0.4) is 0 Å². The van der Waals surface area contributed by atoms with Gasteiger partial charge in [0.1, 0.15) is 5.75 Å². The zero-order chi connectivity index (χ0) is 14.8. The van der Waals surface area contributed by atoms with Crippen LogP contribution in [-0.2, 0) is 12.8 Å². The standard InChI is InChI=1S/C14H10F4O2/c15-11-3-1-2-4-13(11)20-12-6-5-9(8-19)7-10(12)14(16,17)18/h1-7,19H,8H2. The smallest absolute Gasteiger partial charge is 0.419 e. The van der Waals surface area contributed by atoms with Gasteiger partial charge in [-0.25, -0.2) is 4.39 Å². The minimum Gasteiger partial charge on any atom is -0.454 e. The molecule has 0 saturated heterocycles. The highest BCUT2D eigenvalue weighted by atomic mass is 19.4. The van der Waals surface area contributed by atoms with Gasteiger partial charge in [-0.3, -0.25) is 0 Å². The zero-order valence-corrected chi connectivity index (χ0v) is 10.1. The number of para-hydroxylation sites is 1. The summed E-state index contributed by atoms with van der Waals surface area (Å²) < 4.78 is 57.1. The first kappa shape index (κ1) is 14.3.